The van der Waals surface area contributed by atoms with Crippen molar-refractivity contribution in [3.63, 3.8) is 0 Å². The number of rotatable bonds is 4. The largest absolute Gasteiger partial charge is 0.462 e. The molecule has 4 heteroatoms. The van der Waals surface area contributed by atoms with E-state index in [0.29, 0.717) is 5.75 Å². The number of benzene rings is 1. The highest BCUT2D eigenvalue weighted by Gasteiger charge is 2.12. The van der Waals surface area contributed by atoms with Crippen LogP contribution < -0.4 is 0 Å². The molecule has 0 unspecified atom stereocenters. The molecule has 0 aromatic heterocycles. The average Bonchev–Trinajstić information content (AvgIpc) is 2.28. The molecule has 0 saturated carbocycles. The highest BCUT2D eigenvalue weighted by molar-refractivity contribution is 7.80. The van der Waals surface area contributed by atoms with Crippen molar-refractivity contribution in [2.24, 2.45) is 0 Å². The van der Waals surface area contributed by atoms with E-state index < -0.39 is 11.8 Å². The molecule has 1 rings (SSSR count). The molecule has 16 heavy (non-hydrogen) atoms. The maximum absolute atomic E-state index is 13.3. The van der Waals surface area contributed by atoms with Crippen molar-refractivity contribution >= 4 is 24.7 Å². The van der Waals surface area contributed by atoms with Crippen LogP contribution in [0.3, 0.4) is 0 Å². The van der Waals surface area contributed by atoms with Gasteiger partial charge in [0.25, 0.3) is 0 Å². The van der Waals surface area contributed by atoms with Crippen molar-refractivity contribution < 1.29 is 13.9 Å². The summed E-state index contributed by atoms with van der Waals surface area (Å²) in [5.74, 6) is -0.617. The zero-order valence-electron chi connectivity index (χ0n) is 8.94. The SMILES string of the molecule is CCOC(=O)c1cc(C=CCS)ccc1F. The maximum Gasteiger partial charge on any atom is 0.341 e. The number of carbonyl (C=O) groups is 1. The topological polar surface area (TPSA) is 26.3 Å². The summed E-state index contributed by atoms with van der Waals surface area (Å²) in [7, 11) is 0. The molecule has 0 saturated heterocycles. The van der Waals surface area contributed by atoms with Gasteiger partial charge in [-0.25, -0.2) is 9.18 Å². The van der Waals surface area contributed by atoms with Crippen LogP contribution in [0.5, 0.6) is 0 Å². The highest BCUT2D eigenvalue weighted by Crippen LogP contribution is 2.13. The third kappa shape index (κ3) is 3.38. The molecule has 0 spiro atoms. The molecule has 0 heterocycles. The Morgan fingerprint density at radius 3 is 2.94 bits per heavy atom. The number of thiol groups is 1. The van der Waals surface area contributed by atoms with E-state index in [9.17, 15) is 9.18 Å². The molecule has 0 radical (unpaired) electrons. The lowest BCUT2D eigenvalue weighted by Gasteiger charge is -2.04. The Hall–Kier alpha value is -1.29. The highest BCUT2D eigenvalue weighted by atomic mass is 32.1. The van der Waals surface area contributed by atoms with Gasteiger partial charge in [0.1, 0.15) is 5.82 Å². The predicted octanol–water partition coefficient (Wildman–Crippen LogP) is 2.95. The van der Waals surface area contributed by atoms with E-state index in [1.165, 1.54) is 12.1 Å². The zero-order valence-corrected chi connectivity index (χ0v) is 9.84. The average molecular weight is 240 g/mol. The van der Waals surface area contributed by atoms with Gasteiger partial charge in [0.2, 0.25) is 0 Å². The molecule has 0 aliphatic rings. The molecule has 1 aromatic carbocycles. The molecule has 86 valence electrons. The van der Waals surface area contributed by atoms with E-state index in [4.69, 9.17) is 4.74 Å². The first-order chi connectivity index (χ1) is 7.69. The fourth-order valence-corrected chi connectivity index (χ4v) is 1.31. The van der Waals surface area contributed by atoms with Crippen molar-refractivity contribution in [1.29, 1.82) is 0 Å². The summed E-state index contributed by atoms with van der Waals surface area (Å²) < 4.78 is 18.1. The predicted molar refractivity (Wildman–Crippen MR) is 65.2 cm³/mol. The Labute approximate surface area is 99.5 Å². The van der Waals surface area contributed by atoms with Gasteiger partial charge in [-0.3, -0.25) is 0 Å². The lowest BCUT2D eigenvalue weighted by atomic mass is 10.1. The number of carbonyl (C=O) groups excluding carboxylic acids is 1. The van der Waals surface area contributed by atoms with Gasteiger partial charge in [-0.05, 0) is 24.6 Å². The van der Waals surface area contributed by atoms with E-state index in [0.717, 1.165) is 5.56 Å². The Balaban J connectivity index is 2.98. The van der Waals surface area contributed by atoms with Gasteiger partial charge < -0.3 is 4.74 Å². The van der Waals surface area contributed by atoms with Crippen LogP contribution in [0.1, 0.15) is 22.8 Å². The van der Waals surface area contributed by atoms with Gasteiger partial charge in [-0.15, -0.1) is 0 Å². The second-order valence-electron chi connectivity index (χ2n) is 3.04. The molecule has 0 aliphatic heterocycles. The number of hydrogen-bond acceptors (Lipinski definition) is 3. The molecule has 0 atom stereocenters. The van der Waals surface area contributed by atoms with Crippen LogP contribution >= 0.6 is 12.6 Å². The van der Waals surface area contributed by atoms with Gasteiger partial charge in [0.15, 0.2) is 0 Å². The minimum Gasteiger partial charge on any atom is -0.462 e. The normalized spacial score (nSPS) is 10.7. The molecular weight excluding hydrogens is 227 g/mol. The summed E-state index contributed by atoms with van der Waals surface area (Å²) in [5, 5.41) is 0. The standard InChI is InChI=1S/C12H13FO2S/c1-2-15-12(14)10-8-9(4-3-7-16)5-6-11(10)13/h3-6,8,16H,2,7H2,1H3. The maximum atomic E-state index is 13.3. The van der Waals surface area contributed by atoms with Crippen LogP contribution in [0.4, 0.5) is 4.39 Å². The minimum atomic E-state index is -0.638. The van der Waals surface area contributed by atoms with Crippen molar-refractivity contribution in [3.05, 3.63) is 41.2 Å². The number of ether oxygens (including phenoxy) is 1. The molecule has 0 N–H and O–H groups in total. The molecular formula is C12H13FO2S. The second kappa shape index (κ2) is 6.33. The zero-order chi connectivity index (χ0) is 12.0. The van der Waals surface area contributed by atoms with Gasteiger partial charge in [0, 0.05) is 5.75 Å². The van der Waals surface area contributed by atoms with Crippen LogP contribution in [-0.4, -0.2) is 18.3 Å². The number of hydrogen-bond donors (Lipinski definition) is 1. The van der Waals surface area contributed by atoms with E-state index in [2.05, 4.69) is 12.6 Å². The first-order valence-corrected chi connectivity index (χ1v) is 5.56. The summed E-state index contributed by atoms with van der Waals surface area (Å²) in [6.45, 7) is 1.91. The van der Waals surface area contributed by atoms with Gasteiger partial charge in [0.05, 0.1) is 12.2 Å². The third-order valence-electron chi connectivity index (χ3n) is 1.90. The fraction of sp³-hybridized carbons (Fsp3) is 0.250. The van der Waals surface area contributed by atoms with E-state index in [1.807, 2.05) is 6.08 Å². The van der Waals surface area contributed by atoms with Crippen molar-refractivity contribution in [2.45, 2.75) is 6.92 Å². The van der Waals surface area contributed by atoms with Crippen molar-refractivity contribution in [1.82, 2.24) is 0 Å². The van der Waals surface area contributed by atoms with Crippen LogP contribution in [0, 0.1) is 5.82 Å². The van der Waals surface area contributed by atoms with E-state index in [-0.39, 0.29) is 12.2 Å². The lowest BCUT2D eigenvalue weighted by molar-refractivity contribution is 0.0521. The quantitative estimate of drug-likeness (QED) is 0.647. The smallest absolute Gasteiger partial charge is 0.341 e. The summed E-state index contributed by atoms with van der Waals surface area (Å²) in [6, 6.07) is 4.32. The third-order valence-corrected chi connectivity index (χ3v) is 2.11. The molecule has 0 amide bonds. The van der Waals surface area contributed by atoms with Gasteiger partial charge in [-0.2, -0.15) is 12.6 Å². The van der Waals surface area contributed by atoms with Crippen LogP contribution in [0.15, 0.2) is 24.3 Å². The van der Waals surface area contributed by atoms with Crippen LogP contribution in [0.2, 0.25) is 0 Å². The summed E-state index contributed by atoms with van der Waals surface area (Å²) in [6.07, 6.45) is 3.58. The van der Waals surface area contributed by atoms with Crippen LogP contribution in [-0.2, 0) is 4.74 Å². The van der Waals surface area contributed by atoms with Gasteiger partial charge in [-0.1, -0.05) is 18.2 Å². The Morgan fingerprint density at radius 1 is 1.56 bits per heavy atom. The summed E-state index contributed by atoms with van der Waals surface area (Å²) in [5.41, 5.74) is 0.710. The Morgan fingerprint density at radius 2 is 2.31 bits per heavy atom. The molecule has 0 fully saturated rings. The Kier molecular flexibility index (Phi) is 5.05. The fourth-order valence-electron chi connectivity index (χ4n) is 1.20. The molecule has 1 aromatic rings. The van der Waals surface area contributed by atoms with Crippen molar-refractivity contribution in [3.8, 4) is 0 Å². The van der Waals surface area contributed by atoms with Crippen LogP contribution in [0.25, 0.3) is 6.08 Å². The molecule has 2 nitrogen and oxygen atoms in total. The number of esters is 1. The monoisotopic (exact) mass is 240 g/mol. The minimum absolute atomic E-state index is 0.0387. The first-order valence-electron chi connectivity index (χ1n) is 4.93. The summed E-state index contributed by atoms with van der Waals surface area (Å²) >= 11 is 4.02. The number of halogens is 1. The molecule has 0 bridgehead atoms. The Bertz CT molecular complexity index is 402. The van der Waals surface area contributed by atoms with E-state index >= 15 is 0 Å². The molecule has 0 aliphatic carbocycles. The first kappa shape index (κ1) is 12.8. The second-order valence-corrected chi connectivity index (χ2v) is 3.41. The lowest BCUT2D eigenvalue weighted by Crippen LogP contribution is -2.07. The van der Waals surface area contributed by atoms with Crippen molar-refractivity contribution in [2.75, 3.05) is 12.4 Å². The summed E-state index contributed by atoms with van der Waals surface area (Å²) in [4.78, 5) is 11.4. The van der Waals surface area contributed by atoms with E-state index in [1.54, 1.807) is 19.1 Å². The van der Waals surface area contributed by atoms with Gasteiger partial charge >= 0.3 is 5.97 Å².